The van der Waals surface area contributed by atoms with Gasteiger partial charge in [0.25, 0.3) is 0 Å². The molecular formula is C6H8N2S. The second-order valence-electron chi connectivity index (χ2n) is 1.72. The summed E-state index contributed by atoms with van der Waals surface area (Å²) < 4.78 is 1.91. The summed E-state index contributed by atoms with van der Waals surface area (Å²) in [4.78, 5) is 4.94. The summed E-state index contributed by atoms with van der Waals surface area (Å²) in [6.07, 6.45) is 5.38. The average Bonchev–Trinajstić information content (AvgIpc) is 2.15. The Morgan fingerprint density at radius 2 is 2.56 bits per heavy atom. The van der Waals surface area contributed by atoms with E-state index >= 15 is 0 Å². The zero-order valence-corrected chi connectivity index (χ0v) is 6.06. The first-order valence-electron chi connectivity index (χ1n) is 2.61. The molecule has 1 heterocycles. The van der Waals surface area contributed by atoms with E-state index in [1.165, 1.54) is 0 Å². The summed E-state index contributed by atoms with van der Waals surface area (Å²) in [5, 5.41) is 0. The van der Waals surface area contributed by atoms with E-state index in [9.17, 15) is 0 Å². The topological polar surface area (TPSA) is 17.8 Å². The second-order valence-corrected chi connectivity index (χ2v) is 3.02. The van der Waals surface area contributed by atoms with E-state index in [1.807, 2.05) is 17.1 Å². The van der Waals surface area contributed by atoms with Crippen LogP contribution < -0.4 is 0 Å². The highest BCUT2D eigenvalue weighted by molar-refractivity contribution is 8.01. The van der Waals surface area contributed by atoms with E-state index in [0.717, 1.165) is 4.91 Å². The Balaban J connectivity index is 2.58. The Hall–Kier alpha value is -0.700. The number of imidazole rings is 1. The Morgan fingerprint density at radius 1 is 1.78 bits per heavy atom. The van der Waals surface area contributed by atoms with Crippen LogP contribution in [0.2, 0.25) is 0 Å². The van der Waals surface area contributed by atoms with Gasteiger partial charge in [-0.3, -0.25) is 3.97 Å². The molecular weight excluding hydrogens is 132 g/mol. The van der Waals surface area contributed by atoms with Gasteiger partial charge < -0.3 is 0 Å². The Morgan fingerprint density at radius 3 is 3.00 bits per heavy atom. The molecule has 0 saturated carbocycles. The van der Waals surface area contributed by atoms with E-state index < -0.39 is 0 Å². The number of allylic oxidation sites excluding steroid dienone is 1. The highest BCUT2D eigenvalue weighted by atomic mass is 32.2. The largest absolute Gasteiger partial charge is 0.276 e. The van der Waals surface area contributed by atoms with Gasteiger partial charge in [-0.2, -0.15) is 0 Å². The van der Waals surface area contributed by atoms with Crippen molar-refractivity contribution in [3.05, 3.63) is 30.2 Å². The third kappa shape index (κ3) is 1.93. The predicted octanol–water partition coefficient (Wildman–Crippen LogP) is 1.91. The summed E-state index contributed by atoms with van der Waals surface area (Å²) in [5.41, 5.74) is 0. The summed E-state index contributed by atoms with van der Waals surface area (Å²) in [7, 11) is 0. The lowest BCUT2D eigenvalue weighted by molar-refractivity contribution is 1.23. The van der Waals surface area contributed by atoms with Gasteiger partial charge in [0.15, 0.2) is 0 Å². The third-order valence-electron chi connectivity index (χ3n) is 0.741. The molecule has 9 heavy (non-hydrogen) atoms. The first-order valence-corrected chi connectivity index (χ1v) is 3.38. The van der Waals surface area contributed by atoms with E-state index in [2.05, 4.69) is 11.6 Å². The SMILES string of the molecule is C=C(C)Sn1ccnc1. The maximum atomic E-state index is 3.88. The lowest BCUT2D eigenvalue weighted by Gasteiger charge is -1.95. The van der Waals surface area contributed by atoms with Crippen LogP contribution in [0.3, 0.4) is 0 Å². The van der Waals surface area contributed by atoms with Crippen LogP contribution in [0.4, 0.5) is 0 Å². The molecule has 0 N–H and O–H groups in total. The van der Waals surface area contributed by atoms with Gasteiger partial charge in [-0.1, -0.05) is 6.58 Å². The van der Waals surface area contributed by atoms with Gasteiger partial charge in [-0.25, -0.2) is 4.98 Å². The van der Waals surface area contributed by atoms with Crippen molar-refractivity contribution in [2.24, 2.45) is 0 Å². The van der Waals surface area contributed by atoms with Gasteiger partial charge in [0, 0.05) is 12.4 Å². The average molecular weight is 140 g/mol. The lowest BCUT2D eigenvalue weighted by atomic mass is 10.8. The van der Waals surface area contributed by atoms with Crippen molar-refractivity contribution in [2.45, 2.75) is 6.92 Å². The molecule has 0 aromatic carbocycles. The zero-order chi connectivity index (χ0) is 6.69. The standard InChI is InChI=1S/C6H8N2S/c1-6(2)9-8-4-3-7-5-8/h3-5H,1H2,2H3. The maximum Gasteiger partial charge on any atom is 0.105 e. The maximum absolute atomic E-state index is 3.88. The molecule has 0 amide bonds. The monoisotopic (exact) mass is 140 g/mol. The van der Waals surface area contributed by atoms with Gasteiger partial charge in [-0.15, -0.1) is 0 Å². The molecule has 48 valence electrons. The number of aromatic nitrogens is 2. The molecule has 0 unspecified atom stereocenters. The summed E-state index contributed by atoms with van der Waals surface area (Å²) in [6.45, 7) is 5.71. The van der Waals surface area contributed by atoms with E-state index in [1.54, 1.807) is 24.5 Å². The molecule has 0 saturated heterocycles. The van der Waals surface area contributed by atoms with Crippen molar-refractivity contribution in [2.75, 3.05) is 0 Å². The number of hydrogen-bond donors (Lipinski definition) is 0. The first kappa shape index (κ1) is 6.42. The number of rotatable bonds is 2. The normalized spacial score (nSPS) is 9.44. The molecule has 0 spiro atoms. The molecule has 1 aromatic heterocycles. The summed E-state index contributed by atoms with van der Waals surface area (Å²) >= 11 is 1.56. The van der Waals surface area contributed by atoms with Crippen LogP contribution >= 0.6 is 11.9 Å². The Labute approximate surface area is 58.7 Å². The molecule has 2 nitrogen and oxygen atoms in total. The number of hydrogen-bond acceptors (Lipinski definition) is 2. The predicted molar refractivity (Wildman–Crippen MR) is 40.0 cm³/mol. The van der Waals surface area contributed by atoms with Crippen molar-refractivity contribution < 1.29 is 0 Å². The van der Waals surface area contributed by atoms with Crippen LogP contribution in [-0.2, 0) is 0 Å². The van der Waals surface area contributed by atoms with Crippen molar-refractivity contribution >= 4 is 11.9 Å². The zero-order valence-electron chi connectivity index (χ0n) is 5.24. The quantitative estimate of drug-likeness (QED) is 0.624. The molecule has 0 fully saturated rings. The van der Waals surface area contributed by atoms with Crippen LogP contribution in [0.5, 0.6) is 0 Å². The molecule has 0 aliphatic carbocycles. The van der Waals surface area contributed by atoms with Gasteiger partial charge in [0.2, 0.25) is 0 Å². The molecule has 0 radical (unpaired) electrons. The van der Waals surface area contributed by atoms with Crippen LogP contribution in [0.1, 0.15) is 6.92 Å². The minimum atomic E-state index is 1.06. The summed E-state index contributed by atoms with van der Waals surface area (Å²) in [6, 6.07) is 0. The fourth-order valence-corrected chi connectivity index (χ4v) is 1.06. The van der Waals surface area contributed by atoms with Crippen molar-refractivity contribution in [1.29, 1.82) is 0 Å². The first-order chi connectivity index (χ1) is 4.29. The minimum Gasteiger partial charge on any atom is -0.276 e. The molecule has 1 rings (SSSR count). The minimum absolute atomic E-state index is 1.06. The van der Waals surface area contributed by atoms with Crippen LogP contribution in [0.25, 0.3) is 0 Å². The molecule has 0 bridgehead atoms. The molecule has 1 aromatic rings. The van der Waals surface area contributed by atoms with Crippen LogP contribution in [0, 0.1) is 0 Å². The van der Waals surface area contributed by atoms with E-state index in [4.69, 9.17) is 0 Å². The summed E-state index contributed by atoms with van der Waals surface area (Å²) in [5.74, 6) is 0. The van der Waals surface area contributed by atoms with Gasteiger partial charge in [0.1, 0.15) is 6.33 Å². The van der Waals surface area contributed by atoms with Gasteiger partial charge in [-0.05, 0) is 23.8 Å². The number of nitrogens with zero attached hydrogens (tertiary/aromatic N) is 2. The fraction of sp³-hybridized carbons (Fsp3) is 0.167. The van der Waals surface area contributed by atoms with Crippen molar-refractivity contribution in [1.82, 2.24) is 8.96 Å². The van der Waals surface area contributed by atoms with E-state index in [0.29, 0.717) is 0 Å². The van der Waals surface area contributed by atoms with Crippen molar-refractivity contribution in [3.8, 4) is 0 Å². The molecule has 0 aliphatic heterocycles. The molecule has 3 heteroatoms. The highest BCUT2D eigenvalue weighted by Gasteiger charge is 1.87. The van der Waals surface area contributed by atoms with Gasteiger partial charge >= 0.3 is 0 Å². The lowest BCUT2D eigenvalue weighted by Crippen LogP contribution is -1.77. The highest BCUT2D eigenvalue weighted by Crippen LogP contribution is 2.13. The fourth-order valence-electron chi connectivity index (χ4n) is 0.481. The van der Waals surface area contributed by atoms with Crippen molar-refractivity contribution in [3.63, 3.8) is 0 Å². The van der Waals surface area contributed by atoms with Gasteiger partial charge in [0.05, 0.1) is 0 Å². The third-order valence-corrected chi connectivity index (χ3v) is 1.48. The van der Waals surface area contributed by atoms with E-state index in [-0.39, 0.29) is 0 Å². The molecule has 0 atom stereocenters. The van der Waals surface area contributed by atoms with Crippen LogP contribution in [0.15, 0.2) is 30.2 Å². The van der Waals surface area contributed by atoms with Crippen LogP contribution in [-0.4, -0.2) is 8.96 Å². The molecule has 0 aliphatic rings. The second kappa shape index (κ2) is 2.73. The Bertz CT molecular complexity index is 191. The Kier molecular flexibility index (Phi) is 1.95. The smallest absolute Gasteiger partial charge is 0.105 e.